The van der Waals surface area contributed by atoms with E-state index < -0.39 is 70.3 Å². The van der Waals surface area contributed by atoms with E-state index in [1.54, 1.807) is 74.7 Å². The molecular weight excluding hydrogens is 867 g/mol. The molecule has 3 heterocycles. The van der Waals surface area contributed by atoms with Gasteiger partial charge in [0.1, 0.15) is 40.1 Å². The van der Waals surface area contributed by atoms with Gasteiger partial charge in [-0.2, -0.15) is 0 Å². The first-order chi connectivity index (χ1) is 30.4. The molecule has 2 aliphatic heterocycles. The van der Waals surface area contributed by atoms with Gasteiger partial charge in [-0.15, -0.1) is 0 Å². The fourth-order valence-electron chi connectivity index (χ4n) is 5.81. The van der Waals surface area contributed by atoms with Crippen molar-refractivity contribution in [2.24, 2.45) is 0 Å². The van der Waals surface area contributed by atoms with Crippen LogP contribution >= 0.6 is 0 Å². The van der Waals surface area contributed by atoms with Crippen LogP contribution in [0.3, 0.4) is 0 Å². The summed E-state index contributed by atoms with van der Waals surface area (Å²) in [6.07, 6.45) is 1.07. The van der Waals surface area contributed by atoms with E-state index in [1.807, 2.05) is 31.1 Å². The molecule has 0 bridgehead atoms. The lowest BCUT2D eigenvalue weighted by atomic mass is 9.98. The van der Waals surface area contributed by atoms with Gasteiger partial charge in [0.2, 0.25) is 11.8 Å². The average Bonchev–Trinajstić information content (AvgIpc) is 3.79. The fraction of sp³-hybridized carbons (Fsp3) is 0.542. The molecular formula is C48H69F4N5O9. The van der Waals surface area contributed by atoms with E-state index in [4.69, 9.17) is 14.2 Å². The summed E-state index contributed by atoms with van der Waals surface area (Å²) < 4.78 is 71.1. The monoisotopic (exact) mass is 936 g/mol. The molecule has 3 amide bonds. The SMILES string of the molecule is CC(C)(C)OC(=O)N1C[C@@H](c2cc(F)cc(F)c2)CC1=O.CC(C)(C)OC(=O)OC(=O)OC(C)(C)C.CCN(CC)CC.CN(C)c1ccncc1.O=C1C[C@H](c2cc(F)cc(F)c2)CN1. The standard InChI is InChI=1S/C15H17F2NO3.C10H9F2NO.C10H18O5.C7H10N2.C6H15N/c1-15(2,3)21-14(20)18-8-10(6-13(18)19)9-4-11(16)7-12(17)5-9;11-8-1-6(2-9(12)4-8)7-3-10(14)13-5-7;1-9(2,3)14-7(11)13-8(12)15-10(4,5)6;1-9(2)7-3-5-8-6-4-7;1-4-7(5-2)6-3/h4-5,7,10H,6,8H2,1-3H3;1-2,4,7H,3,5H2,(H,13,14);1-6H3;3-6H,1-2H3;4-6H2,1-3H3/t10-;7-;;;/m00.../s1. The van der Waals surface area contributed by atoms with E-state index in [0.29, 0.717) is 24.1 Å². The number of imide groups is 1. The quantitative estimate of drug-likeness (QED) is 0.108. The van der Waals surface area contributed by atoms with Crippen molar-refractivity contribution in [1.82, 2.24) is 20.1 Å². The number of halogens is 4. The third-order valence-corrected chi connectivity index (χ3v) is 8.90. The Hall–Kier alpha value is -5.78. The van der Waals surface area contributed by atoms with Crippen LogP contribution in [-0.4, -0.2) is 109 Å². The number of likely N-dealkylation sites (tertiary alicyclic amines) is 1. The molecule has 2 aliphatic rings. The number of hydrogen-bond acceptors (Lipinski definition) is 12. The lowest BCUT2D eigenvalue weighted by Gasteiger charge is -2.23. The summed E-state index contributed by atoms with van der Waals surface area (Å²) in [5.74, 6) is -3.60. The Labute approximate surface area is 387 Å². The van der Waals surface area contributed by atoms with Crippen LogP contribution in [0.1, 0.15) is 119 Å². The summed E-state index contributed by atoms with van der Waals surface area (Å²) >= 11 is 0. The maximum atomic E-state index is 13.2. The van der Waals surface area contributed by atoms with Crippen LogP contribution in [0.4, 0.5) is 37.6 Å². The van der Waals surface area contributed by atoms with Gasteiger partial charge in [-0.25, -0.2) is 36.8 Å². The summed E-state index contributed by atoms with van der Waals surface area (Å²) in [6, 6.07) is 10.4. The zero-order valence-corrected chi connectivity index (χ0v) is 40.9. The molecule has 1 N–H and O–H groups in total. The normalized spacial score (nSPS) is 15.5. The maximum Gasteiger partial charge on any atom is 0.519 e. The highest BCUT2D eigenvalue weighted by atomic mass is 19.1. The van der Waals surface area contributed by atoms with Gasteiger partial charge in [0.25, 0.3) is 0 Å². The highest BCUT2D eigenvalue weighted by Gasteiger charge is 2.37. The molecule has 5 rings (SSSR count). The number of nitrogens with one attached hydrogen (secondary N) is 1. The Morgan fingerprint density at radius 3 is 1.39 bits per heavy atom. The van der Waals surface area contributed by atoms with Crippen molar-refractivity contribution in [2.45, 2.75) is 125 Å². The van der Waals surface area contributed by atoms with Gasteiger partial charge in [-0.1, -0.05) is 20.8 Å². The molecule has 368 valence electrons. The van der Waals surface area contributed by atoms with Gasteiger partial charge in [0, 0.05) is 82.1 Å². The molecule has 14 nitrogen and oxygen atoms in total. The number of benzene rings is 2. The first kappa shape index (κ1) is 58.2. The van der Waals surface area contributed by atoms with Crippen LogP contribution in [-0.2, 0) is 28.5 Å². The van der Waals surface area contributed by atoms with Crippen LogP contribution in [0.5, 0.6) is 0 Å². The Kier molecular flexibility index (Phi) is 23.8. The van der Waals surface area contributed by atoms with Crippen molar-refractivity contribution < 1.29 is 60.5 Å². The van der Waals surface area contributed by atoms with Crippen LogP contribution in [0.25, 0.3) is 0 Å². The molecule has 1 aromatic heterocycles. The smallest absolute Gasteiger partial charge is 0.443 e. The van der Waals surface area contributed by atoms with Gasteiger partial charge in [0.05, 0.1) is 0 Å². The van der Waals surface area contributed by atoms with E-state index in [0.717, 1.165) is 17.0 Å². The molecule has 0 aliphatic carbocycles. The van der Waals surface area contributed by atoms with Gasteiger partial charge >= 0.3 is 18.4 Å². The van der Waals surface area contributed by atoms with E-state index in [-0.39, 0.29) is 24.8 Å². The molecule has 18 heteroatoms. The summed E-state index contributed by atoms with van der Waals surface area (Å²) in [4.78, 5) is 66.0. The molecule has 0 unspecified atom stereocenters. The Bertz CT molecular complexity index is 1940. The summed E-state index contributed by atoms with van der Waals surface area (Å²) in [7, 11) is 4.02. The summed E-state index contributed by atoms with van der Waals surface area (Å²) in [5.41, 5.74) is -0.00346. The second kappa shape index (κ2) is 27.0. The molecule has 3 aromatic rings. The van der Waals surface area contributed by atoms with Crippen molar-refractivity contribution in [1.29, 1.82) is 0 Å². The number of anilines is 1. The van der Waals surface area contributed by atoms with Crippen LogP contribution < -0.4 is 10.2 Å². The predicted molar refractivity (Wildman–Crippen MR) is 244 cm³/mol. The molecule has 0 spiro atoms. The van der Waals surface area contributed by atoms with E-state index in [1.165, 1.54) is 49.6 Å². The number of pyridine rings is 1. The topological polar surface area (TPSA) is 157 Å². The van der Waals surface area contributed by atoms with Crippen LogP contribution in [0, 0.1) is 23.3 Å². The largest absolute Gasteiger partial charge is 0.519 e. The molecule has 2 aromatic carbocycles. The Balaban J connectivity index is 0.000000433. The minimum Gasteiger partial charge on any atom is -0.443 e. The Morgan fingerprint density at radius 2 is 1.08 bits per heavy atom. The van der Waals surface area contributed by atoms with Gasteiger partial charge < -0.3 is 34.1 Å². The molecule has 66 heavy (non-hydrogen) atoms. The zero-order valence-electron chi connectivity index (χ0n) is 40.9. The fourth-order valence-corrected chi connectivity index (χ4v) is 5.81. The van der Waals surface area contributed by atoms with Crippen molar-refractivity contribution in [3.05, 3.63) is 95.3 Å². The van der Waals surface area contributed by atoms with E-state index in [9.17, 15) is 41.5 Å². The van der Waals surface area contributed by atoms with Crippen LogP contribution in [0.2, 0.25) is 0 Å². The second-order valence-electron chi connectivity index (χ2n) is 18.2. The molecule has 0 saturated carbocycles. The second-order valence-corrected chi connectivity index (χ2v) is 18.2. The molecule has 2 fully saturated rings. The minimum atomic E-state index is -1.06. The first-order valence-electron chi connectivity index (χ1n) is 21.6. The lowest BCUT2D eigenvalue weighted by Crippen LogP contribution is -2.37. The number of amides is 3. The van der Waals surface area contributed by atoms with Crippen LogP contribution in [0.15, 0.2) is 60.9 Å². The highest BCUT2D eigenvalue weighted by Crippen LogP contribution is 2.30. The average molecular weight is 936 g/mol. The number of nitrogens with zero attached hydrogens (tertiary/aromatic N) is 4. The third-order valence-electron chi connectivity index (χ3n) is 8.90. The maximum absolute atomic E-state index is 13.2. The first-order valence-corrected chi connectivity index (χ1v) is 21.6. The van der Waals surface area contributed by atoms with Crippen molar-refractivity contribution in [3.8, 4) is 0 Å². The highest BCUT2D eigenvalue weighted by molar-refractivity contribution is 5.94. The number of hydrogen-bond donors (Lipinski definition) is 1. The van der Waals surface area contributed by atoms with Crippen molar-refractivity contribution >= 4 is 35.9 Å². The third kappa shape index (κ3) is 24.5. The van der Waals surface area contributed by atoms with Crippen molar-refractivity contribution in [2.75, 3.05) is 51.7 Å². The van der Waals surface area contributed by atoms with E-state index >= 15 is 0 Å². The number of carbonyl (C=O) groups excluding carboxylic acids is 5. The Morgan fingerprint density at radius 1 is 0.667 bits per heavy atom. The van der Waals surface area contributed by atoms with Gasteiger partial charge in [-0.05, 0) is 129 Å². The van der Waals surface area contributed by atoms with Gasteiger partial charge in [-0.3, -0.25) is 14.6 Å². The van der Waals surface area contributed by atoms with Gasteiger partial charge in [0.15, 0.2) is 0 Å². The molecule has 2 saturated heterocycles. The molecule has 2 atom stereocenters. The lowest BCUT2D eigenvalue weighted by molar-refractivity contribution is -0.127. The number of carbonyl (C=O) groups is 5. The minimum absolute atomic E-state index is 0.0299. The molecule has 0 radical (unpaired) electrons. The number of aromatic nitrogens is 1. The summed E-state index contributed by atoms with van der Waals surface area (Å²) in [5, 5.41) is 2.62. The van der Waals surface area contributed by atoms with Crippen molar-refractivity contribution in [3.63, 3.8) is 0 Å². The summed E-state index contributed by atoms with van der Waals surface area (Å²) in [6.45, 7) is 25.8. The number of ether oxygens (including phenoxy) is 4. The van der Waals surface area contributed by atoms with E-state index in [2.05, 4.69) is 40.7 Å². The predicted octanol–water partition coefficient (Wildman–Crippen LogP) is 10.2. The zero-order chi connectivity index (χ0) is 50.6. The number of rotatable bonds is 6.